The Kier molecular flexibility index (Phi) is 6.10. The molecule has 0 aromatic carbocycles. The summed E-state index contributed by atoms with van der Waals surface area (Å²) < 4.78 is 0. The van der Waals surface area contributed by atoms with E-state index in [1.165, 1.54) is 0 Å². The van der Waals surface area contributed by atoms with Gasteiger partial charge in [0.05, 0.1) is 5.69 Å². The zero-order valence-electron chi connectivity index (χ0n) is 10.9. The van der Waals surface area contributed by atoms with E-state index in [0.717, 1.165) is 19.4 Å². The van der Waals surface area contributed by atoms with E-state index in [0.29, 0.717) is 17.9 Å². The lowest BCUT2D eigenvalue weighted by molar-refractivity contribution is 0.0948. The van der Waals surface area contributed by atoms with Crippen LogP contribution in [0.4, 0.5) is 5.69 Å². The van der Waals surface area contributed by atoms with Crippen molar-refractivity contribution < 1.29 is 4.79 Å². The van der Waals surface area contributed by atoms with E-state index < -0.39 is 0 Å². The number of carbonyl (C=O) groups is 1. The number of anilines is 1. The molecule has 0 aliphatic rings. The van der Waals surface area contributed by atoms with Crippen LogP contribution in [-0.2, 0) is 0 Å². The molecule has 1 heterocycles. The molecule has 1 aromatic heterocycles. The number of nitrogen functional groups attached to an aromatic ring is 1. The summed E-state index contributed by atoms with van der Waals surface area (Å²) in [6.45, 7) is 1.69. The van der Waals surface area contributed by atoms with E-state index in [9.17, 15) is 4.79 Å². The number of pyridine rings is 1. The fourth-order valence-corrected chi connectivity index (χ4v) is 1.49. The fourth-order valence-electron chi connectivity index (χ4n) is 1.49. The molecule has 0 unspecified atom stereocenters. The molecule has 1 rings (SSSR count). The van der Waals surface area contributed by atoms with Crippen molar-refractivity contribution in [3.63, 3.8) is 0 Å². The molecule has 0 atom stereocenters. The van der Waals surface area contributed by atoms with E-state index in [4.69, 9.17) is 5.84 Å². The van der Waals surface area contributed by atoms with Gasteiger partial charge >= 0.3 is 0 Å². The Balaban J connectivity index is 2.31. The molecule has 0 radical (unpaired) electrons. The average molecular weight is 251 g/mol. The van der Waals surface area contributed by atoms with E-state index in [2.05, 4.69) is 20.6 Å². The molecule has 100 valence electrons. The first-order chi connectivity index (χ1) is 8.63. The minimum Gasteiger partial charge on any atom is -0.351 e. The average Bonchev–Trinajstić information content (AvgIpc) is 2.37. The maximum Gasteiger partial charge on any atom is 0.269 e. The number of aromatic nitrogens is 1. The summed E-state index contributed by atoms with van der Waals surface area (Å²) in [5.74, 6) is 5.10. The summed E-state index contributed by atoms with van der Waals surface area (Å²) in [5, 5.41) is 2.84. The van der Waals surface area contributed by atoms with Gasteiger partial charge in [-0.05, 0) is 45.6 Å². The van der Waals surface area contributed by atoms with Crippen molar-refractivity contribution in [3.8, 4) is 0 Å². The SMILES string of the molecule is CN(C)CCCCNC(=O)c1cc(NN)ccn1. The molecule has 18 heavy (non-hydrogen) atoms. The normalized spacial score (nSPS) is 10.4. The molecular formula is C12H21N5O. The Labute approximate surface area is 108 Å². The molecule has 0 spiro atoms. The quantitative estimate of drug-likeness (QED) is 0.372. The van der Waals surface area contributed by atoms with Gasteiger partial charge in [0, 0.05) is 12.7 Å². The number of nitrogens with zero attached hydrogens (tertiary/aromatic N) is 2. The maximum absolute atomic E-state index is 11.8. The highest BCUT2D eigenvalue weighted by Crippen LogP contribution is 2.05. The number of rotatable bonds is 7. The zero-order chi connectivity index (χ0) is 13.4. The summed E-state index contributed by atoms with van der Waals surface area (Å²) in [6, 6.07) is 3.32. The monoisotopic (exact) mass is 251 g/mol. The van der Waals surface area contributed by atoms with E-state index in [-0.39, 0.29) is 5.91 Å². The van der Waals surface area contributed by atoms with E-state index in [1.54, 1.807) is 18.3 Å². The molecule has 0 saturated heterocycles. The van der Waals surface area contributed by atoms with E-state index in [1.807, 2.05) is 14.1 Å². The van der Waals surface area contributed by atoms with Crippen molar-refractivity contribution >= 4 is 11.6 Å². The van der Waals surface area contributed by atoms with Gasteiger partial charge in [-0.25, -0.2) is 0 Å². The number of hydrogen-bond acceptors (Lipinski definition) is 5. The van der Waals surface area contributed by atoms with E-state index >= 15 is 0 Å². The summed E-state index contributed by atoms with van der Waals surface area (Å²) >= 11 is 0. The highest BCUT2D eigenvalue weighted by molar-refractivity contribution is 5.93. The van der Waals surface area contributed by atoms with Crippen LogP contribution in [0.15, 0.2) is 18.3 Å². The van der Waals surface area contributed by atoms with Crippen LogP contribution < -0.4 is 16.6 Å². The van der Waals surface area contributed by atoms with Crippen molar-refractivity contribution in [3.05, 3.63) is 24.0 Å². The molecule has 4 N–H and O–H groups in total. The molecule has 1 aromatic rings. The zero-order valence-corrected chi connectivity index (χ0v) is 10.9. The van der Waals surface area contributed by atoms with Gasteiger partial charge in [0.1, 0.15) is 5.69 Å². The van der Waals surface area contributed by atoms with Crippen LogP contribution >= 0.6 is 0 Å². The number of nitrogens with one attached hydrogen (secondary N) is 2. The first kappa shape index (κ1) is 14.4. The van der Waals surface area contributed by atoms with Crippen LogP contribution in [0.1, 0.15) is 23.3 Å². The van der Waals surface area contributed by atoms with Gasteiger partial charge in [0.25, 0.3) is 5.91 Å². The second-order valence-electron chi connectivity index (χ2n) is 4.34. The smallest absolute Gasteiger partial charge is 0.269 e. The first-order valence-corrected chi connectivity index (χ1v) is 5.99. The largest absolute Gasteiger partial charge is 0.351 e. The first-order valence-electron chi connectivity index (χ1n) is 5.99. The molecule has 1 amide bonds. The number of nitrogens with two attached hydrogens (primary N) is 1. The Morgan fingerprint density at radius 1 is 1.44 bits per heavy atom. The number of unbranched alkanes of at least 4 members (excludes halogenated alkanes) is 1. The maximum atomic E-state index is 11.8. The molecule has 0 bridgehead atoms. The molecule has 0 aliphatic heterocycles. The van der Waals surface area contributed by atoms with Gasteiger partial charge in [-0.2, -0.15) is 0 Å². The number of amides is 1. The van der Waals surface area contributed by atoms with Crippen LogP contribution in [0.5, 0.6) is 0 Å². The predicted molar refractivity (Wildman–Crippen MR) is 72.2 cm³/mol. The highest BCUT2D eigenvalue weighted by Gasteiger charge is 2.06. The van der Waals surface area contributed by atoms with Crippen LogP contribution in [0.2, 0.25) is 0 Å². The van der Waals surface area contributed by atoms with Gasteiger partial charge in [-0.1, -0.05) is 0 Å². The second-order valence-corrected chi connectivity index (χ2v) is 4.34. The summed E-state index contributed by atoms with van der Waals surface area (Å²) in [7, 11) is 4.07. The minimum absolute atomic E-state index is 0.169. The Morgan fingerprint density at radius 3 is 2.89 bits per heavy atom. The Bertz CT molecular complexity index is 380. The Hall–Kier alpha value is -1.66. The minimum atomic E-state index is -0.169. The molecule has 0 fully saturated rings. The lowest BCUT2D eigenvalue weighted by Crippen LogP contribution is -2.26. The van der Waals surface area contributed by atoms with Gasteiger partial charge in [0.2, 0.25) is 0 Å². The van der Waals surface area contributed by atoms with Crippen molar-refractivity contribution in [1.82, 2.24) is 15.2 Å². The highest BCUT2D eigenvalue weighted by atomic mass is 16.1. The van der Waals surface area contributed by atoms with Crippen molar-refractivity contribution in [2.24, 2.45) is 5.84 Å². The second kappa shape index (κ2) is 7.62. The van der Waals surface area contributed by atoms with Crippen molar-refractivity contribution in [1.29, 1.82) is 0 Å². The lowest BCUT2D eigenvalue weighted by Gasteiger charge is -2.09. The molecule has 6 heteroatoms. The van der Waals surface area contributed by atoms with Crippen LogP contribution in [0.25, 0.3) is 0 Å². The molecular weight excluding hydrogens is 230 g/mol. The summed E-state index contributed by atoms with van der Waals surface area (Å²) in [5.41, 5.74) is 3.53. The van der Waals surface area contributed by atoms with Gasteiger partial charge in [0.15, 0.2) is 0 Å². The summed E-state index contributed by atoms with van der Waals surface area (Å²) in [4.78, 5) is 17.9. The van der Waals surface area contributed by atoms with Gasteiger partial charge < -0.3 is 15.6 Å². The third kappa shape index (κ3) is 5.11. The third-order valence-corrected chi connectivity index (χ3v) is 2.48. The van der Waals surface area contributed by atoms with Crippen molar-refractivity contribution in [2.45, 2.75) is 12.8 Å². The molecule has 0 aliphatic carbocycles. The Morgan fingerprint density at radius 2 is 2.22 bits per heavy atom. The number of carbonyl (C=O) groups excluding carboxylic acids is 1. The molecule has 6 nitrogen and oxygen atoms in total. The molecule has 0 saturated carbocycles. The topological polar surface area (TPSA) is 83.3 Å². The van der Waals surface area contributed by atoms with Crippen LogP contribution in [0, 0.1) is 0 Å². The van der Waals surface area contributed by atoms with Crippen molar-refractivity contribution in [2.75, 3.05) is 32.6 Å². The van der Waals surface area contributed by atoms with Crippen LogP contribution in [-0.4, -0.2) is 43.0 Å². The van der Waals surface area contributed by atoms with Crippen LogP contribution in [0.3, 0.4) is 0 Å². The van der Waals surface area contributed by atoms with Gasteiger partial charge in [-0.15, -0.1) is 0 Å². The lowest BCUT2D eigenvalue weighted by atomic mass is 10.2. The number of hydrogen-bond donors (Lipinski definition) is 3. The third-order valence-electron chi connectivity index (χ3n) is 2.48. The van der Waals surface area contributed by atoms with Gasteiger partial charge in [-0.3, -0.25) is 15.6 Å². The fraction of sp³-hybridized carbons (Fsp3) is 0.500. The number of hydrazine groups is 1. The summed E-state index contributed by atoms with van der Waals surface area (Å²) in [6.07, 6.45) is 3.57. The standard InChI is InChI=1S/C12H21N5O/c1-17(2)8-4-3-6-15-12(18)11-9-10(16-13)5-7-14-11/h5,7,9H,3-4,6,8,13H2,1-2H3,(H,14,16)(H,15,18). The predicted octanol–water partition coefficient (Wildman–Crippen LogP) is 0.439.